The van der Waals surface area contributed by atoms with E-state index in [9.17, 15) is 9.59 Å². The Hall–Kier alpha value is -2.88. The fourth-order valence-corrected chi connectivity index (χ4v) is 2.51. The molecule has 3 aromatic rings. The van der Waals surface area contributed by atoms with Gasteiger partial charge in [0.1, 0.15) is 5.69 Å². The summed E-state index contributed by atoms with van der Waals surface area (Å²) in [6, 6.07) is 16.6. The van der Waals surface area contributed by atoms with Crippen molar-refractivity contribution in [1.82, 2.24) is 4.98 Å². The number of carbonyl (C=O) groups excluding carboxylic acids is 1. The Balaban J connectivity index is 1.92. The predicted molar refractivity (Wildman–Crippen MR) is 93.1 cm³/mol. The van der Waals surface area contributed by atoms with Crippen molar-refractivity contribution < 1.29 is 4.79 Å². The highest BCUT2D eigenvalue weighted by molar-refractivity contribution is 6.04. The molecule has 116 valence electrons. The van der Waals surface area contributed by atoms with Gasteiger partial charge in [0.15, 0.2) is 0 Å². The molecule has 0 bridgehead atoms. The van der Waals surface area contributed by atoms with Gasteiger partial charge in [-0.25, -0.2) is 0 Å². The van der Waals surface area contributed by atoms with E-state index >= 15 is 0 Å². The number of benzene rings is 2. The van der Waals surface area contributed by atoms with Gasteiger partial charge in [0.25, 0.3) is 11.5 Å². The molecule has 0 saturated carbocycles. The minimum Gasteiger partial charge on any atom is -0.321 e. The Bertz CT molecular complexity index is 926. The molecule has 1 heterocycles. The van der Waals surface area contributed by atoms with Crippen molar-refractivity contribution in [2.45, 2.75) is 19.8 Å². The van der Waals surface area contributed by atoms with Crippen molar-refractivity contribution in [1.29, 1.82) is 0 Å². The smallest absolute Gasteiger partial charge is 0.272 e. The third-order valence-corrected chi connectivity index (χ3v) is 3.81. The molecule has 0 unspecified atom stereocenters. The van der Waals surface area contributed by atoms with Crippen molar-refractivity contribution in [2.75, 3.05) is 5.32 Å². The van der Waals surface area contributed by atoms with Gasteiger partial charge in [-0.1, -0.05) is 44.2 Å². The number of hydrogen-bond acceptors (Lipinski definition) is 2. The first-order valence-electron chi connectivity index (χ1n) is 7.58. The van der Waals surface area contributed by atoms with Gasteiger partial charge in [-0.2, -0.15) is 0 Å². The third kappa shape index (κ3) is 3.16. The van der Waals surface area contributed by atoms with Gasteiger partial charge in [-0.3, -0.25) is 9.59 Å². The Morgan fingerprint density at radius 1 is 1.04 bits per heavy atom. The molecule has 1 aromatic heterocycles. The molecule has 0 aliphatic rings. The number of amides is 1. The number of pyridine rings is 1. The second-order valence-electron chi connectivity index (χ2n) is 5.83. The molecule has 4 nitrogen and oxygen atoms in total. The minimum atomic E-state index is -0.325. The molecule has 0 aliphatic carbocycles. The Kier molecular flexibility index (Phi) is 3.98. The van der Waals surface area contributed by atoms with E-state index in [-0.39, 0.29) is 17.2 Å². The lowest BCUT2D eigenvalue weighted by Gasteiger charge is -2.10. The van der Waals surface area contributed by atoms with Gasteiger partial charge < -0.3 is 10.3 Å². The maximum Gasteiger partial charge on any atom is 0.272 e. The van der Waals surface area contributed by atoms with Gasteiger partial charge in [-0.15, -0.1) is 0 Å². The first-order chi connectivity index (χ1) is 11.0. The molecule has 23 heavy (non-hydrogen) atoms. The zero-order valence-corrected chi connectivity index (χ0v) is 13.1. The number of fused-ring (bicyclic) bond motifs is 1. The van der Waals surface area contributed by atoms with Crippen molar-refractivity contribution in [3.05, 3.63) is 76.2 Å². The molecule has 1 amide bonds. The van der Waals surface area contributed by atoms with Crippen LogP contribution in [0.2, 0.25) is 0 Å². The van der Waals surface area contributed by atoms with Gasteiger partial charge >= 0.3 is 0 Å². The van der Waals surface area contributed by atoms with Crippen molar-refractivity contribution >= 4 is 22.4 Å². The second-order valence-corrected chi connectivity index (χ2v) is 5.83. The molecule has 0 saturated heterocycles. The molecule has 0 radical (unpaired) electrons. The number of carbonyl (C=O) groups is 1. The first-order valence-corrected chi connectivity index (χ1v) is 7.58. The maximum atomic E-state index is 12.4. The number of anilines is 1. The summed E-state index contributed by atoms with van der Waals surface area (Å²) in [5.74, 6) is 0.0566. The topological polar surface area (TPSA) is 62.0 Å². The molecule has 2 N–H and O–H groups in total. The van der Waals surface area contributed by atoms with E-state index in [2.05, 4.69) is 24.1 Å². The number of hydrogen-bond donors (Lipinski definition) is 2. The predicted octanol–water partition coefficient (Wildman–Crippen LogP) is 3.90. The summed E-state index contributed by atoms with van der Waals surface area (Å²) in [4.78, 5) is 27.1. The summed E-state index contributed by atoms with van der Waals surface area (Å²) in [6.45, 7) is 4.20. The second kappa shape index (κ2) is 6.08. The lowest BCUT2D eigenvalue weighted by Crippen LogP contribution is -2.19. The van der Waals surface area contributed by atoms with Crippen LogP contribution in [-0.4, -0.2) is 10.9 Å². The van der Waals surface area contributed by atoms with Crippen LogP contribution in [0.4, 0.5) is 5.69 Å². The number of aromatic amines is 1. The molecule has 0 spiro atoms. The Morgan fingerprint density at radius 3 is 2.61 bits per heavy atom. The molecule has 0 aliphatic heterocycles. The number of aromatic nitrogens is 1. The monoisotopic (exact) mass is 306 g/mol. The van der Waals surface area contributed by atoms with Crippen LogP contribution >= 0.6 is 0 Å². The van der Waals surface area contributed by atoms with E-state index < -0.39 is 0 Å². The van der Waals surface area contributed by atoms with Gasteiger partial charge in [0, 0.05) is 11.1 Å². The highest BCUT2D eigenvalue weighted by atomic mass is 16.2. The van der Waals surface area contributed by atoms with E-state index in [0.717, 1.165) is 16.6 Å². The molecular formula is C19H18N2O2. The standard InChI is InChI=1S/C19H18N2O2/c1-12(2)13-7-5-8-15(10-13)20-19(23)17-11-14-6-3-4-9-16(14)18(22)21-17/h3-12H,1-2H3,(H,20,23)(H,21,22). The van der Waals surface area contributed by atoms with Gasteiger partial charge in [0.2, 0.25) is 0 Å². The van der Waals surface area contributed by atoms with Crippen LogP contribution in [0.1, 0.15) is 35.8 Å². The van der Waals surface area contributed by atoms with Crippen LogP contribution < -0.4 is 10.9 Å². The van der Waals surface area contributed by atoms with Gasteiger partial charge in [-0.05, 0) is 41.1 Å². The highest BCUT2D eigenvalue weighted by Gasteiger charge is 2.10. The zero-order valence-electron chi connectivity index (χ0n) is 13.1. The fraction of sp³-hybridized carbons (Fsp3) is 0.158. The van der Waals surface area contributed by atoms with Crippen LogP contribution in [0.3, 0.4) is 0 Å². The molecule has 0 fully saturated rings. The average Bonchev–Trinajstić information content (AvgIpc) is 2.55. The first kappa shape index (κ1) is 15.0. The molecule has 2 aromatic carbocycles. The molecule has 3 rings (SSSR count). The van der Waals surface area contributed by atoms with Gasteiger partial charge in [0.05, 0.1) is 0 Å². The quantitative estimate of drug-likeness (QED) is 0.771. The molecule has 4 heteroatoms. The van der Waals surface area contributed by atoms with Crippen LogP contribution in [0, 0.1) is 0 Å². The molecular weight excluding hydrogens is 288 g/mol. The van der Waals surface area contributed by atoms with E-state index in [0.29, 0.717) is 11.3 Å². The zero-order chi connectivity index (χ0) is 16.4. The Morgan fingerprint density at radius 2 is 1.83 bits per heavy atom. The largest absolute Gasteiger partial charge is 0.321 e. The van der Waals surface area contributed by atoms with Crippen molar-refractivity contribution in [3.8, 4) is 0 Å². The Labute approximate surface area is 134 Å². The molecule has 0 atom stereocenters. The van der Waals surface area contributed by atoms with Crippen molar-refractivity contribution in [2.24, 2.45) is 0 Å². The summed E-state index contributed by atoms with van der Waals surface area (Å²) < 4.78 is 0. The van der Waals surface area contributed by atoms with Crippen LogP contribution in [0.15, 0.2) is 59.4 Å². The fourth-order valence-electron chi connectivity index (χ4n) is 2.51. The minimum absolute atomic E-state index is 0.253. The average molecular weight is 306 g/mol. The number of rotatable bonds is 3. The van der Waals surface area contributed by atoms with Crippen LogP contribution in [0.25, 0.3) is 10.8 Å². The van der Waals surface area contributed by atoms with Crippen LogP contribution in [0.5, 0.6) is 0 Å². The summed E-state index contributed by atoms with van der Waals surface area (Å²) in [5.41, 5.74) is 1.86. The van der Waals surface area contributed by atoms with E-state index in [1.165, 1.54) is 0 Å². The maximum absolute atomic E-state index is 12.4. The van der Waals surface area contributed by atoms with E-state index in [1.807, 2.05) is 36.4 Å². The lowest BCUT2D eigenvalue weighted by molar-refractivity contribution is 0.102. The normalized spacial score (nSPS) is 10.9. The summed E-state index contributed by atoms with van der Waals surface area (Å²) in [6.07, 6.45) is 0. The highest BCUT2D eigenvalue weighted by Crippen LogP contribution is 2.19. The van der Waals surface area contributed by atoms with Crippen LogP contribution in [-0.2, 0) is 0 Å². The van der Waals surface area contributed by atoms with E-state index in [4.69, 9.17) is 0 Å². The summed E-state index contributed by atoms with van der Waals surface area (Å²) in [7, 11) is 0. The number of nitrogens with one attached hydrogen (secondary N) is 2. The SMILES string of the molecule is CC(C)c1cccc(NC(=O)c2cc3ccccc3c(=O)[nH]2)c1. The third-order valence-electron chi connectivity index (χ3n) is 3.81. The number of H-pyrrole nitrogens is 1. The summed E-state index contributed by atoms with van der Waals surface area (Å²) in [5, 5.41) is 4.16. The summed E-state index contributed by atoms with van der Waals surface area (Å²) >= 11 is 0. The van der Waals surface area contributed by atoms with E-state index in [1.54, 1.807) is 18.2 Å². The van der Waals surface area contributed by atoms with Crippen molar-refractivity contribution in [3.63, 3.8) is 0 Å². The lowest BCUT2D eigenvalue weighted by atomic mass is 10.0.